The Bertz CT molecular complexity index is 518. The highest BCUT2D eigenvalue weighted by Gasteiger charge is 2.36. The summed E-state index contributed by atoms with van der Waals surface area (Å²) in [7, 11) is -3.48. The van der Waals surface area contributed by atoms with E-state index >= 15 is 0 Å². The standard InChI is InChI=1S/C13H20N2O2S/c1-10-6-5-7-11(2)15(10)18(16,17)13-9-4-3-8-12(13)14/h3-4,8-11H,5-7,14H2,1-2H3/t10-,11-/m0/s1. The third-order valence-electron chi connectivity index (χ3n) is 3.59. The van der Waals surface area contributed by atoms with Gasteiger partial charge in [-0.25, -0.2) is 8.42 Å². The molecule has 0 aliphatic carbocycles. The summed E-state index contributed by atoms with van der Waals surface area (Å²) in [5, 5.41) is 0. The molecule has 1 aliphatic heterocycles. The van der Waals surface area contributed by atoms with Gasteiger partial charge in [0.1, 0.15) is 4.90 Å². The monoisotopic (exact) mass is 268 g/mol. The van der Waals surface area contributed by atoms with E-state index in [2.05, 4.69) is 0 Å². The molecular formula is C13H20N2O2S. The average molecular weight is 268 g/mol. The Hall–Kier alpha value is -1.07. The fraction of sp³-hybridized carbons (Fsp3) is 0.538. The predicted molar refractivity (Wildman–Crippen MR) is 72.7 cm³/mol. The van der Waals surface area contributed by atoms with Gasteiger partial charge in [0.25, 0.3) is 0 Å². The number of anilines is 1. The lowest BCUT2D eigenvalue weighted by Crippen LogP contribution is -2.47. The van der Waals surface area contributed by atoms with Crippen LogP contribution in [-0.4, -0.2) is 24.8 Å². The molecule has 0 radical (unpaired) electrons. The molecule has 0 bridgehead atoms. The van der Waals surface area contributed by atoms with E-state index in [1.807, 2.05) is 13.8 Å². The molecule has 0 saturated carbocycles. The largest absolute Gasteiger partial charge is 0.398 e. The Morgan fingerprint density at radius 3 is 2.28 bits per heavy atom. The molecule has 1 aromatic rings. The number of nitrogens with zero attached hydrogens (tertiary/aromatic N) is 1. The number of rotatable bonds is 2. The Morgan fingerprint density at radius 2 is 1.72 bits per heavy atom. The van der Waals surface area contributed by atoms with Crippen LogP contribution < -0.4 is 5.73 Å². The second-order valence-electron chi connectivity index (χ2n) is 5.00. The van der Waals surface area contributed by atoms with Crippen LogP contribution in [0.15, 0.2) is 29.2 Å². The molecule has 4 nitrogen and oxygen atoms in total. The van der Waals surface area contributed by atoms with Crippen LogP contribution in [0, 0.1) is 0 Å². The van der Waals surface area contributed by atoms with Gasteiger partial charge in [-0.15, -0.1) is 0 Å². The molecule has 0 amide bonds. The second-order valence-corrected chi connectivity index (χ2v) is 6.81. The minimum atomic E-state index is -3.48. The van der Waals surface area contributed by atoms with Crippen molar-refractivity contribution >= 4 is 15.7 Å². The van der Waals surface area contributed by atoms with Gasteiger partial charge in [0.2, 0.25) is 10.0 Å². The number of para-hydroxylation sites is 1. The number of hydrogen-bond donors (Lipinski definition) is 1. The highest BCUT2D eigenvalue weighted by Crippen LogP contribution is 2.31. The van der Waals surface area contributed by atoms with E-state index in [0.29, 0.717) is 5.69 Å². The smallest absolute Gasteiger partial charge is 0.245 e. The molecule has 2 rings (SSSR count). The Labute approximate surface area is 109 Å². The molecular weight excluding hydrogens is 248 g/mol. The van der Waals surface area contributed by atoms with E-state index in [4.69, 9.17) is 5.73 Å². The molecule has 2 atom stereocenters. The average Bonchev–Trinajstić information content (AvgIpc) is 2.28. The minimum absolute atomic E-state index is 0.0401. The zero-order chi connectivity index (χ0) is 13.3. The van der Waals surface area contributed by atoms with Gasteiger partial charge in [-0.3, -0.25) is 0 Å². The van der Waals surface area contributed by atoms with Crippen molar-refractivity contribution in [1.29, 1.82) is 0 Å². The van der Waals surface area contributed by atoms with Crippen LogP contribution in [0.1, 0.15) is 33.1 Å². The Balaban J connectivity index is 2.45. The fourth-order valence-corrected chi connectivity index (χ4v) is 4.70. The maximum Gasteiger partial charge on any atom is 0.245 e. The van der Waals surface area contributed by atoms with Crippen molar-refractivity contribution in [2.45, 2.75) is 50.1 Å². The van der Waals surface area contributed by atoms with Crippen molar-refractivity contribution in [2.75, 3.05) is 5.73 Å². The van der Waals surface area contributed by atoms with Gasteiger partial charge >= 0.3 is 0 Å². The highest BCUT2D eigenvalue weighted by atomic mass is 32.2. The molecule has 18 heavy (non-hydrogen) atoms. The number of sulfonamides is 1. The summed E-state index contributed by atoms with van der Waals surface area (Å²) in [6.07, 6.45) is 2.91. The van der Waals surface area contributed by atoms with Crippen molar-refractivity contribution in [3.63, 3.8) is 0 Å². The van der Waals surface area contributed by atoms with Crippen LogP contribution in [0.3, 0.4) is 0 Å². The number of nitrogen functional groups attached to an aromatic ring is 1. The van der Waals surface area contributed by atoms with Crippen LogP contribution in [0.25, 0.3) is 0 Å². The first-order valence-corrected chi connectivity index (χ1v) is 7.76. The quantitative estimate of drug-likeness (QED) is 0.836. The molecule has 5 heteroatoms. The van der Waals surface area contributed by atoms with E-state index in [1.54, 1.807) is 28.6 Å². The first-order chi connectivity index (χ1) is 8.44. The molecule has 1 fully saturated rings. The van der Waals surface area contributed by atoms with Crippen LogP contribution >= 0.6 is 0 Å². The van der Waals surface area contributed by atoms with Crippen molar-refractivity contribution in [3.8, 4) is 0 Å². The van der Waals surface area contributed by atoms with E-state index in [1.165, 1.54) is 0 Å². The van der Waals surface area contributed by atoms with Gasteiger partial charge in [0.05, 0.1) is 5.69 Å². The van der Waals surface area contributed by atoms with E-state index in [9.17, 15) is 8.42 Å². The molecule has 0 unspecified atom stereocenters. The highest BCUT2D eigenvalue weighted by molar-refractivity contribution is 7.89. The van der Waals surface area contributed by atoms with Gasteiger partial charge in [-0.2, -0.15) is 4.31 Å². The molecule has 2 N–H and O–H groups in total. The SMILES string of the molecule is C[C@H]1CCC[C@H](C)N1S(=O)(=O)c1ccccc1N. The van der Waals surface area contributed by atoms with Gasteiger partial charge in [0, 0.05) is 12.1 Å². The van der Waals surface area contributed by atoms with E-state index in [-0.39, 0.29) is 17.0 Å². The second kappa shape index (κ2) is 4.90. The van der Waals surface area contributed by atoms with E-state index < -0.39 is 10.0 Å². The summed E-state index contributed by atoms with van der Waals surface area (Å²) in [5.74, 6) is 0. The summed E-state index contributed by atoms with van der Waals surface area (Å²) < 4.78 is 27.0. The van der Waals surface area contributed by atoms with Gasteiger partial charge < -0.3 is 5.73 Å². The van der Waals surface area contributed by atoms with Crippen molar-refractivity contribution in [3.05, 3.63) is 24.3 Å². The molecule has 1 aromatic carbocycles. The van der Waals surface area contributed by atoms with Gasteiger partial charge in [-0.1, -0.05) is 18.6 Å². The minimum Gasteiger partial charge on any atom is -0.398 e. The topological polar surface area (TPSA) is 63.4 Å². The third kappa shape index (κ3) is 2.24. The number of benzene rings is 1. The normalized spacial score (nSPS) is 26.1. The summed E-state index contributed by atoms with van der Waals surface area (Å²) in [6, 6.07) is 6.75. The molecule has 1 saturated heterocycles. The van der Waals surface area contributed by atoms with Crippen molar-refractivity contribution < 1.29 is 8.42 Å². The summed E-state index contributed by atoms with van der Waals surface area (Å²) in [4.78, 5) is 0.227. The number of nitrogens with two attached hydrogens (primary N) is 1. The Morgan fingerprint density at radius 1 is 1.17 bits per heavy atom. The number of piperidine rings is 1. The van der Waals surface area contributed by atoms with Crippen LogP contribution in [0.5, 0.6) is 0 Å². The lowest BCUT2D eigenvalue weighted by atomic mass is 10.0. The molecule has 0 aromatic heterocycles. The lowest BCUT2D eigenvalue weighted by Gasteiger charge is -2.37. The van der Waals surface area contributed by atoms with Gasteiger partial charge in [-0.05, 0) is 38.8 Å². The zero-order valence-electron chi connectivity index (χ0n) is 10.8. The molecule has 100 valence electrons. The first kappa shape index (κ1) is 13.4. The van der Waals surface area contributed by atoms with E-state index in [0.717, 1.165) is 19.3 Å². The number of hydrogen-bond acceptors (Lipinski definition) is 3. The van der Waals surface area contributed by atoms with Crippen LogP contribution in [0.2, 0.25) is 0 Å². The molecule has 1 aliphatic rings. The predicted octanol–water partition coefficient (Wildman–Crippen LogP) is 2.22. The van der Waals surface area contributed by atoms with Crippen LogP contribution in [0.4, 0.5) is 5.69 Å². The lowest BCUT2D eigenvalue weighted by molar-refractivity contribution is 0.204. The molecule has 0 spiro atoms. The van der Waals surface area contributed by atoms with Crippen molar-refractivity contribution in [1.82, 2.24) is 4.31 Å². The first-order valence-electron chi connectivity index (χ1n) is 6.32. The Kier molecular flexibility index (Phi) is 3.64. The van der Waals surface area contributed by atoms with Crippen molar-refractivity contribution in [2.24, 2.45) is 0 Å². The van der Waals surface area contributed by atoms with Crippen LogP contribution in [-0.2, 0) is 10.0 Å². The summed E-state index contributed by atoms with van der Waals surface area (Å²) >= 11 is 0. The summed E-state index contributed by atoms with van der Waals surface area (Å²) in [5.41, 5.74) is 6.12. The third-order valence-corrected chi connectivity index (χ3v) is 5.79. The summed E-state index contributed by atoms with van der Waals surface area (Å²) in [6.45, 7) is 3.93. The zero-order valence-corrected chi connectivity index (χ0v) is 11.7. The molecule has 1 heterocycles. The maximum atomic E-state index is 12.7. The fourth-order valence-electron chi connectivity index (χ4n) is 2.70. The maximum absolute atomic E-state index is 12.7. The van der Waals surface area contributed by atoms with Gasteiger partial charge in [0.15, 0.2) is 0 Å².